The quantitative estimate of drug-likeness (QED) is 0.802. The molecule has 2 rings (SSSR count). The highest BCUT2D eigenvalue weighted by atomic mass is 16.3. The van der Waals surface area contributed by atoms with Gasteiger partial charge in [-0.05, 0) is 36.5 Å². The maximum atomic E-state index is 11.0. The molecule has 1 N–H and O–H groups in total. The molecule has 0 aliphatic carbocycles. The molecular weight excluding hydrogens is 256 g/mol. The van der Waals surface area contributed by atoms with E-state index in [1.54, 1.807) is 0 Å². The summed E-state index contributed by atoms with van der Waals surface area (Å²) < 4.78 is 0. The van der Waals surface area contributed by atoms with Gasteiger partial charge in [-0.1, -0.05) is 74.4 Å². The Balaban J connectivity index is 2.43. The van der Waals surface area contributed by atoms with Gasteiger partial charge in [0, 0.05) is 5.92 Å². The first-order valence-electron chi connectivity index (χ1n) is 7.84. The first kappa shape index (κ1) is 15.8. The number of hydrogen-bond acceptors (Lipinski definition) is 1. The van der Waals surface area contributed by atoms with Crippen LogP contribution in [0.2, 0.25) is 0 Å². The molecule has 0 heterocycles. The molecule has 0 amide bonds. The Morgan fingerprint density at radius 1 is 1.00 bits per heavy atom. The summed E-state index contributed by atoms with van der Waals surface area (Å²) in [6.45, 7) is 8.58. The van der Waals surface area contributed by atoms with Crippen molar-refractivity contribution in [3.05, 3.63) is 70.8 Å². The normalized spacial score (nSPS) is 15.5. The van der Waals surface area contributed by atoms with Crippen LogP contribution >= 0.6 is 0 Å². The van der Waals surface area contributed by atoms with Gasteiger partial charge in [0.1, 0.15) is 0 Å². The van der Waals surface area contributed by atoms with Crippen LogP contribution in [0.1, 0.15) is 54.5 Å². The van der Waals surface area contributed by atoms with E-state index < -0.39 is 6.10 Å². The lowest BCUT2D eigenvalue weighted by atomic mass is 9.78. The fourth-order valence-electron chi connectivity index (χ4n) is 3.02. The topological polar surface area (TPSA) is 20.2 Å². The highest BCUT2D eigenvalue weighted by molar-refractivity contribution is 5.35. The lowest BCUT2D eigenvalue weighted by Gasteiger charge is -2.30. The van der Waals surface area contributed by atoms with E-state index in [-0.39, 0.29) is 5.92 Å². The molecule has 21 heavy (non-hydrogen) atoms. The van der Waals surface area contributed by atoms with Crippen LogP contribution in [-0.2, 0) is 0 Å². The summed E-state index contributed by atoms with van der Waals surface area (Å²) in [5, 5.41) is 11.0. The Kier molecular flexibility index (Phi) is 5.19. The van der Waals surface area contributed by atoms with Crippen LogP contribution in [-0.4, -0.2) is 5.11 Å². The molecule has 0 aliphatic heterocycles. The van der Waals surface area contributed by atoms with Crippen LogP contribution in [0.4, 0.5) is 0 Å². The van der Waals surface area contributed by atoms with E-state index in [4.69, 9.17) is 0 Å². The van der Waals surface area contributed by atoms with Gasteiger partial charge in [-0.2, -0.15) is 0 Å². The minimum Gasteiger partial charge on any atom is -0.388 e. The third-order valence-corrected chi connectivity index (χ3v) is 4.54. The van der Waals surface area contributed by atoms with Crippen LogP contribution < -0.4 is 0 Å². The van der Waals surface area contributed by atoms with Gasteiger partial charge in [-0.3, -0.25) is 0 Å². The molecule has 0 bridgehead atoms. The van der Waals surface area contributed by atoms with Gasteiger partial charge in [0.15, 0.2) is 0 Å². The number of aryl methyl sites for hydroxylation is 2. The molecule has 2 aromatic rings. The van der Waals surface area contributed by atoms with Crippen molar-refractivity contribution >= 4 is 0 Å². The van der Waals surface area contributed by atoms with Crippen molar-refractivity contribution in [3.63, 3.8) is 0 Å². The summed E-state index contributed by atoms with van der Waals surface area (Å²) in [5.41, 5.74) is 4.65. The van der Waals surface area contributed by atoms with Gasteiger partial charge >= 0.3 is 0 Å². The Morgan fingerprint density at radius 2 is 1.67 bits per heavy atom. The first-order valence-corrected chi connectivity index (χ1v) is 7.84. The van der Waals surface area contributed by atoms with Crippen molar-refractivity contribution in [3.8, 4) is 0 Å². The average molecular weight is 282 g/mol. The van der Waals surface area contributed by atoms with Gasteiger partial charge < -0.3 is 5.11 Å². The zero-order valence-electron chi connectivity index (χ0n) is 13.5. The summed E-state index contributed by atoms with van der Waals surface area (Å²) >= 11 is 0. The fraction of sp³-hybridized carbons (Fsp3) is 0.400. The Bertz CT molecular complexity index is 574. The lowest BCUT2D eigenvalue weighted by molar-refractivity contribution is 0.117. The maximum Gasteiger partial charge on any atom is 0.0863 e. The smallest absolute Gasteiger partial charge is 0.0863 e. The minimum absolute atomic E-state index is 0.136. The second-order valence-corrected chi connectivity index (χ2v) is 6.13. The zero-order chi connectivity index (χ0) is 15.4. The Labute approximate surface area is 128 Å². The van der Waals surface area contributed by atoms with E-state index in [1.165, 1.54) is 11.1 Å². The molecular formula is C20H26O. The van der Waals surface area contributed by atoms with Crippen LogP contribution in [0, 0.1) is 19.8 Å². The average Bonchev–Trinajstić information content (AvgIpc) is 2.50. The lowest BCUT2D eigenvalue weighted by Crippen LogP contribution is -2.19. The molecule has 0 aliphatic rings. The maximum absolute atomic E-state index is 11.0. The molecule has 2 aromatic carbocycles. The van der Waals surface area contributed by atoms with Crippen molar-refractivity contribution in [2.75, 3.05) is 0 Å². The van der Waals surface area contributed by atoms with Crippen LogP contribution in [0.25, 0.3) is 0 Å². The number of benzene rings is 2. The number of rotatable bonds is 5. The van der Waals surface area contributed by atoms with Gasteiger partial charge in [-0.25, -0.2) is 0 Å². The zero-order valence-corrected chi connectivity index (χ0v) is 13.5. The van der Waals surface area contributed by atoms with Crippen molar-refractivity contribution < 1.29 is 5.11 Å². The summed E-state index contributed by atoms with van der Waals surface area (Å²) in [6.07, 6.45) is 0.601. The highest BCUT2D eigenvalue weighted by Crippen LogP contribution is 2.39. The Morgan fingerprint density at radius 3 is 2.29 bits per heavy atom. The van der Waals surface area contributed by atoms with E-state index in [0.29, 0.717) is 5.92 Å². The van der Waals surface area contributed by atoms with Gasteiger partial charge in [0.05, 0.1) is 6.10 Å². The predicted molar refractivity (Wildman–Crippen MR) is 89.5 cm³/mol. The summed E-state index contributed by atoms with van der Waals surface area (Å²) in [4.78, 5) is 0. The van der Waals surface area contributed by atoms with E-state index in [9.17, 15) is 5.11 Å². The van der Waals surface area contributed by atoms with E-state index >= 15 is 0 Å². The summed E-state index contributed by atoms with van der Waals surface area (Å²) in [6, 6.07) is 16.7. The molecule has 0 spiro atoms. The SMILES string of the molecule is CCC(C)C(c1ccccc1)C(O)c1cc(C)ccc1C. The molecule has 0 radical (unpaired) electrons. The van der Waals surface area contributed by atoms with Gasteiger partial charge in [0.2, 0.25) is 0 Å². The molecule has 1 nitrogen and oxygen atoms in total. The third kappa shape index (κ3) is 3.54. The van der Waals surface area contributed by atoms with Crippen LogP contribution in [0.5, 0.6) is 0 Å². The van der Waals surface area contributed by atoms with E-state index in [1.807, 2.05) is 6.07 Å². The van der Waals surface area contributed by atoms with Crippen molar-refractivity contribution in [2.45, 2.75) is 46.1 Å². The monoisotopic (exact) mass is 282 g/mol. The largest absolute Gasteiger partial charge is 0.388 e. The van der Waals surface area contributed by atoms with Crippen molar-refractivity contribution in [2.24, 2.45) is 5.92 Å². The number of hydrogen-bond donors (Lipinski definition) is 1. The fourth-order valence-corrected chi connectivity index (χ4v) is 3.02. The van der Waals surface area contributed by atoms with Crippen molar-refractivity contribution in [1.82, 2.24) is 0 Å². The van der Waals surface area contributed by atoms with Crippen molar-refractivity contribution in [1.29, 1.82) is 0 Å². The first-order chi connectivity index (χ1) is 10.0. The summed E-state index contributed by atoms with van der Waals surface area (Å²) in [7, 11) is 0. The number of aliphatic hydroxyl groups is 1. The molecule has 0 saturated heterocycles. The predicted octanol–water partition coefficient (Wildman–Crippen LogP) is 5.17. The summed E-state index contributed by atoms with van der Waals surface area (Å²) in [5.74, 6) is 0.569. The molecule has 1 heteroatoms. The molecule has 3 unspecified atom stereocenters. The van der Waals surface area contributed by atoms with Crippen LogP contribution in [0.15, 0.2) is 48.5 Å². The molecule has 112 valence electrons. The van der Waals surface area contributed by atoms with Crippen LogP contribution in [0.3, 0.4) is 0 Å². The molecule has 0 saturated carbocycles. The number of aliphatic hydroxyl groups excluding tert-OH is 1. The molecule has 3 atom stereocenters. The Hall–Kier alpha value is -1.60. The highest BCUT2D eigenvalue weighted by Gasteiger charge is 2.28. The minimum atomic E-state index is -0.456. The second-order valence-electron chi connectivity index (χ2n) is 6.13. The molecule has 0 fully saturated rings. The van der Waals surface area contributed by atoms with E-state index in [2.05, 4.69) is 70.2 Å². The standard InChI is InChI=1S/C20H26O/c1-5-15(3)19(17-9-7-6-8-10-17)20(21)18-13-14(2)11-12-16(18)4/h6-13,15,19-21H,5H2,1-4H3. The molecule has 0 aromatic heterocycles. The van der Waals surface area contributed by atoms with E-state index in [0.717, 1.165) is 17.5 Å². The van der Waals surface area contributed by atoms with Gasteiger partial charge in [-0.15, -0.1) is 0 Å². The third-order valence-electron chi connectivity index (χ3n) is 4.54. The van der Waals surface area contributed by atoms with Gasteiger partial charge in [0.25, 0.3) is 0 Å². The second kappa shape index (κ2) is 6.91.